The number of carbonyl (C=O) groups is 4. The first-order valence-corrected chi connectivity index (χ1v) is 15.0. The van der Waals surface area contributed by atoms with Crippen LogP contribution in [0.5, 0.6) is 0 Å². The SMILES string of the molecule is CC[C@H](C)[C@@H](C(=O)N[C@H]1CCc2cccc3c2N(C1=O)[C@H](C(=O)NCc1c[nH]nn1)C3)N(C(=O)CCOCCF)C(C)C. The third-order valence-electron chi connectivity index (χ3n) is 8.21. The number of anilines is 1. The van der Waals surface area contributed by atoms with Gasteiger partial charge in [0.2, 0.25) is 23.6 Å². The fourth-order valence-electron chi connectivity index (χ4n) is 5.93. The first-order valence-electron chi connectivity index (χ1n) is 15.0. The number of hydrogen-bond acceptors (Lipinski definition) is 7. The molecule has 2 aromatic rings. The van der Waals surface area contributed by atoms with Crippen molar-refractivity contribution in [3.05, 3.63) is 41.2 Å². The number of aromatic nitrogens is 3. The van der Waals surface area contributed by atoms with Crippen LogP contribution in [0.15, 0.2) is 24.4 Å². The molecule has 0 bridgehead atoms. The second-order valence-electron chi connectivity index (χ2n) is 11.4. The van der Waals surface area contributed by atoms with E-state index in [0.29, 0.717) is 31.4 Å². The minimum atomic E-state index is -0.889. The molecule has 3 heterocycles. The number of H-pyrrole nitrogens is 1. The zero-order chi connectivity index (χ0) is 31.1. The Bertz CT molecular complexity index is 1290. The highest BCUT2D eigenvalue weighted by Gasteiger charge is 2.45. The monoisotopic (exact) mass is 599 g/mol. The molecule has 13 heteroatoms. The fraction of sp³-hybridized carbons (Fsp3) is 0.600. The van der Waals surface area contributed by atoms with Crippen LogP contribution in [0.4, 0.5) is 10.1 Å². The third kappa shape index (κ3) is 7.20. The van der Waals surface area contributed by atoms with Gasteiger partial charge in [0.25, 0.3) is 0 Å². The Morgan fingerprint density at radius 3 is 2.65 bits per heavy atom. The highest BCUT2D eigenvalue weighted by molar-refractivity contribution is 6.08. The Kier molecular flexibility index (Phi) is 10.8. The fourth-order valence-corrected chi connectivity index (χ4v) is 5.93. The van der Waals surface area contributed by atoms with Crippen LogP contribution in [0.3, 0.4) is 0 Å². The van der Waals surface area contributed by atoms with Crippen molar-refractivity contribution < 1.29 is 28.3 Å². The van der Waals surface area contributed by atoms with E-state index in [-0.39, 0.29) is 55.9 Å². The van der Waals surface area contributed by atoms with E-state index in [1.807, 2.05) is 45.9 Å². The van der Waals surface area contributed by atoms with E-state index in [1.54, 1.807) is 11.1 Å². The normalized spacial score (nSPS) is 19.0. The quantitative estimate of drug-likeness (QED) is 0.281. The van der Waals surface area contributed by atoms with E-state index in [4.69, 9.17) is 4.74 Å². The first-order chi connectivity index (χ1) is 20.7. The van der Waals surface area contributed by atoms with Crippen molar-refractivity contribution in [1.82, 2.24) is 30.9 Å². The minimum Gasteiger partial charge on any atom is -0.378 e. The van der Waals surface area contributed by atoms with E-state index in [2.05, 4.69) is 26.0 Å². The molecule has 0 unspecified atom stereocenters. The molecule has 0 saturated heterocycles. The summed E-state index contributed by atoms with van der Waals surface area (Å²) in [6.45, 7) is 7.01. The third-order valence-corrected chi connectivity index (χ3v) is 8.21. The summed E-state index contributed by atoms with van der Waals surface area (Å²) in [7, 11) is 0. The van der Waals surface area contributed by atoms with Gasteiger partial charge in [0.1, 0.15) is 30.5 Å². The molecule has 1 aromatic carbocycles. The molecule has 0 aliphatic carbocycles. The molecule has 4 amide bonds. The molecule has 1 aromatic heterocycles. The summed E-state index contributed by atoms with van der Waals surface area (Å²) in [4.78, 5) is 57.9. The summed E-state index contributed by atoms with van der Waals surface area (Å²) in [5.41, 5.74) is 3.14. The second-order valence-corrected chi connectivity index (χ2v) is 11.4. The summed E-state index contributed by atoms with van der Waals surface area (Å²) in [5, 5.41) is 16.0. The lowest BCUT2D eigenvalue weighted by molar-refractivity contribution is -0.146. The number of amides is 4. The van der Waals surface area contributed by atoms with Crippen molar-refractivity contribution in [1.29, 1.82) is 0 Å². The van der Waals surface area contributed by atoms with Gasteiger partial charge >= 0.3 is 0 Å². The number of rotatable bonds is 14. The molecule has 43 heavy (non-hydrogen) atoms. The van der Waals surface area contributed by atoms with Crippen LogP contribution in [-0.2, 0) is 43.3 Å². The van der Waals surface area contributed by atoms with Crippen molar-refractivity contribution in [3.8, 4) is 0 Å². The van der Waals surface area contributed by atoms with Gasteiger partial charge in [-0.1, -0.05) is 43.7 Å². The number of halogens is 1. The van der Waals surface area contributed by atoms with Crippen molar-refractivity contribution in [2.24, 2.45) is 5.92 Å². The number of aryl methyl sites for hydroxylation is 1. The molecule has 234 valence electrons. The maximum Gasteiger partial charge on any atom is 0.250 e. The van der Waals surface area contributed by atoms with Gasteiger partial charge in [-0.25, -0.2) is 4.39 Å². The van der Waals surface area contributed by atoms with Gasteiger partial charge in [0.05, 0.1) is 31.9 Å². The maximum atomic E-state index is 14.1. The topological polar surface area (TPSA) is 150 Å². The number of nitrogens with one attached hydrogen (secondary N) is 3. The predicted octanol–water partition coefficient (Wildman–Crippen LogP) is 1.84. The van der Waals surface area contributed by atoms with E-state index in [1.165, 1.54) is 4.90 Å². The van der Waals surface area contributed by atoms with Crippen LogP contribution in [0, 0.1) is 5.92 Å². The lowest BCUT2D eigenvalue weighted by Gasteiger charge is -2.38. The van der Waals surface area contributed by atoms with Gasteiger partial charge in [-0.15, -0.1) is 5.10 Å². The summed E-state index contributed by atoms with van der Waals surface area (Å²) < 4.78 is 17.6. The van der Waals surface area contributed by atoms with Crippen LogP contribution in [0.25, 0.3) is 0 Å². The largest absolute Gasteiger partial charge is 0.378 e. The number of carbonyl (C=O) groups excluding carboxylic acids is 4. The lowest BCUT2D eigenvalue weighted by atomic mass is 9.94. The molecular formula is C30H42FN7O5. The van der Waals surface area contributed by atoms with Gasteiger partial charge in [-0.05, 0) is 43.7 Å². The summed E-state index contributed by atoms with van der Waals surface area (Å²) >= 11 is 0. The van der Waals surface area contributed by atoms with Crippen molar-refractivity contribution in [3.63, 3.8) is 0 Å². The number of para-hydroxylation sites is 1. The van der Waals surface area contributed by atoms with Crippen LogP contribution in [-0.4, -0.2) is 88.0 Å². The molecule has 2 aliphatic heterocycles. The smallest absolute Gasteiger partial charge is 0.250 e. The van der Waals surface area contributed by atoms with Gasteiger partial charge in [-0.3, -0.25) is 29.2 Å². The van der Waals surface area contributed by atoms with E-state index < -0.39 is 30.7 Å². The molecule has 12 nitrogen and oxygen atoms in total. The number of alkyl halides is 1. The Hall–Kier alpha value is -3.87. The van der Waals surface area contributed by atoms with E-state index >= 15 is 0 Å². The van der Waals surface area contributed by atoms with Crippen LogP contribution >= 0.6 is 0 Å². The Balaban J connectivity index is 1.55. The molecule has 4 rings (SSSR count). The lowest BCUT2D eigenvalue weighted by Crippen LogP contribution is -2.60. The van der Waals surface area contributed by atoms with Crippen molar-refractivity contribution in [2.75, 3.05) is 24.8 Å². The van der Waals surface area contributed by atoms with Gasteiger partial charge in [0, 0.05) is 18.7 Å². The first kappa shape index (κ1) is 32.1. The van der Waals surface area contributed by atoms with Crippen molar-refractivity contribution >= 4 is 29.3 Å². The standard InChI is InChI=1S/C30H42FN7O5/c1-5-19(4)26(37(18(2)3)25(39)11-13-43-14-12-31)29(41)34-23-10-9-20-7-6-8-21-15-24(38(27(20)21)30(23)42)28(40)32-16-22-17-33-36-35-22/h6-8,17-19,23-24,26H,5,9-16H2,1-4H3,(H,32,40)(H,34,41)(H,33,35,36)/t19-,23-,24-,26-/m0/s1. The summed E-state index contributed by atoms with van der Waals surface area (Å²) in [5.74, 6) is -1.58. The summed E-state index contributed by atoms with van der Waals surface area (Å²) in [6, 6.07) is 3.00. The Morgan fingerprint density at radius 2 is 1.98 bits per heavy atom. The molecule has 0 spiro atoms. The molecule has 3 N–H and O–H groups in total. The maximum absolute atomic E-state index is 14.1. The van der Waals surface area contributed by atoms with Crippen LogP contribution in [0.2, 0.25) is 0 Å². The number of nitrogens with zero attached hydrogens (tertiary/aromatic N) is 4. The van der Waals surface area contributed by atoms with Gasteiger partial charge in [0.15, 0.2) is 0 Å². The molecule has 0 saturated carbocycles. The average molecular weight is 600 g/mol. The molecule has 0 fully saturated rings. The zero-order valence-corrected chi connectivity index (χ0v) is 25.3. The highest BCUT2D eigenvalue weighted by atomic mass is 19.1. The Morgan fingerprint density at radius 1 is 1.21 bits per heavy atom. The summed E-state index contributed by atoms with van der Waals surface area (Å²) in [6.07, 6.45) is 3.47. The zero-order valence-electron chi connectivity index (χ0n) is 25.3. The number of benzene rings is 1. The molecule has 4 atom stereocenters. The molecular weight excluding hydrogens is 557 g/mol. The van der Waals surface area contributed by atoms with Crippen molar-refractivity contribution in [2.45, 2.75) is 90.5 Å². The number of hydrogen-bond donors (Lipinski definition) is 3. The van der Waals surface area contributed by atoms with Crippen LogP contribution < -0.4 is 15.5 Å². The van der Waals surface area contributed by atoms with Gasteiger partial charge < -0.3 is 20.3 Å². The number of ether oxygens (including phenoxy) is 1. The minimum absolute atomic E-state index is 0.0117. The second kappa shape index (κ2) is 14.5. The van der Waals surface area contributed by atoms with E-state index in [9.17, 15) is 23.6 Å². The molecule has 2 aliphatic rings. The Labute approximate surface area is 251 Å². The molecule has 0 radical (unpaired) electrons. The predicted molar refractivity (Wildman–Crippen MR) is 157 cm³/mol. The van der Waals surface area contributed by atoms with Gasteiger partial charge in [-0.2, -0.15) is 0 Å². The van der Waals surface area contributed by atoms with Crippen LogP contribution in [0.1, 0.15) is 63.8 Å². The highest BCUT2D eigenvalue weighted by Crippen LogP contribution is 2.39. The average Bonchev–Trinajstić information content (AvgIpc) is 3.63. The number of aromatic amines is 1. The van der Waals surface area contributed by atoms with E-state index in [0.717, 1.165) is 16.8 Å².